The number of nitrogens with one attached hydrogen (secondary N) is 1. The number of amides is 1. The van der Waals surface area contributed by atoms with Gasteiger partial charge in [-0.25, -0.2) is 4.39 Å². The van der Waals surface area contributed by atoms with Crippen molar-refractivity contribution in [1.82, 2.24) is 14.8 Å². The van der Waals surface area contributed by atoms with Crippen molar-refractivity contribution >= 4 is 23.4 Å². The van der Waals surface area contributed by atoms with E-state index in [0.29, 0.717) is 10.8 Å². The molecule has 0 radical (unpaired) electrons. The summed E-state index contributed by atoms with van der Waals surface area (Å²) in [4.78, 5) is 12.4. The summed E-state index contributed by atoms with van der Waals surface area (Å²) in [7, 11) is 0. The molecule has 0 aliphatic heterocycles. The van der Waals surface area contributed by atoms with E-state index in [9.17, 15) is 9.18 Å². The van der Waals surface area contributed by atoms with Gasteiger partial charge in [-0.2, -0.15) is 0 Å². The van der Waals surface area contributed by atoms with Gasteiger partial charge in [0, 0.05) is 5.69 Å². The van der Waals surface area contributed by atoms with Gasteiger partial charge in [0.15, 0.2) is 5.16 Å². The van der Waals surface area contributed by atoms with Crippen LogP contribution in [-0.2, 0) is 11.2 Å². The van der Waals surface area contributed by atoms with Gasteiger partial charge >= 0.3 is 0 Å². The summed E-state index contributed by atoms with van der Waals surface area (Å²) >= 11 is 1.23. The van der Waals surface area contributed by atoms with Gasteiger partial charge in [0.25, 0.3) is 0 Å². The number of hydrogen-bond acceptors (Lipinski definition) is 4. The standard InChI is InChI=1S/C19H19FN4OS/c1-3-14-8-10-15(11-9-14)22-18(25)13(2)26-19-23-21-12-24(19)17-7-5-4-6-16(17)20/h4-13H,3H2,1-2H3,(H,22,25)/t13-/m0/s1. The number of carbonyl (C=O) groups excluding carboxylic acids is 1. The number of nitrogens with zero attached hydrogens (tertiary/aromatic N) is 3. The smallest absolute Gasteiger partial charge is 0.237 e. The molecular formula is C19H19FN4OS. The van der Waals surface area contributed by atoms with E-state index in [1.807, 2.05) is 24.3 Å². The SMILES string of the molecule is CCc1ccc(NC(=O)[C@H](C)Sc2nncn2-c2ccccc2F)cc1. The maximum Gasteiger partial charge on any atom is 0.237 e. The van der Waals surface area contributed by atoms with Gasteiger partial charge in [-0.3, -0.25) is 9.36 Å². The minimum atomic E-state index is -0.421. The van der Waals surface area contributed by atoms with Crippen LogP contribution in [0.2, 0.25) is 0 Å². The van der Waals surface area contributed by atoms with E-state index in [1.54, 1.807) is 29.7 Å². The zero-order valence-electron chi connectivity index (χ0n) is 14.5. The van der Waals surface area contributed by atoms with Crippen LogP contribution in [-0.4, -0.2) is 25.9 Å². The highest BCUT2D eigenvalue weighted by Crippen LogP contribution is 2.25. The third-order valence-corrected chi connectivity index (χ3v) is 4.97. The second kappa shape index (κ2) is 8.14. The lowest BCUT2D eigenvalue weighted by atomic mass is 10.1. The first-order valence-electron chi connectivity index (χ1n) is 8.30. The highest BCUT2D eigenvalue weighted by molar-refractivity contribution is 8.00. The Morgan fingerprint density at radius 3 is 2.65 bits per heavy atom. The van der Waals surface area contributed by atoms with Crippen molar-refractivity contribution in [3.8, 4) is 5.69 Å². The molecule has 5 nitrogen and oxygen atoms in total. The van der Waals surface area contributed by atoms with Crippen LogP contribution in [0.5, 0.6) is 0 Å². The summed E-state index contributed by atoms with van der Waals surface area (Å²) in [5, 5.41) is 10.8. The molecule has 0 spiro atoms. The normalized spacial score (nSPS) is 12.0. The number of anilines is 1. The third kappa shape index (κ3) is 4.11. The quantitative estimate of drug-likeness (QED) is 0.664. The molecule has 0 saturated carbocycles. The second-order valence-corrected chi connectivity index (χ2v) is 7.04. The Kier molecular flexibility index (Phi) is 5.68. The van der Waals surface area contributed by atoms with Crippen LogP contribution >= 0.6 is 11.8 Å². The summed E-state index contributed by atoms with van der Waals surface area (Å²) < 4.78 is 15.6. The number of aromatic nitrogens is 3. The number of benzene rings is 2. The average molecular weight is 370 g/mol. The number of halogens is 1. The van der Waals surface area contributed by atoms with Crippen molar-refractivity contribution in [1.29, 1.82) is 0 Å². The van der Waals surface area contributed by atoms with Crippen LogP contribution in [0.25, 0.3) is 5.69 Å². The van der Waals surface area contributed by atoms with Gasteiger partial charge in [0.05, 0.1) is 10.9 Å². The predicted octanol–water partition coefficient (Wildman–Crippen LogP) is 4.09. The van der Waals surface area contributed by atoms with Gasteiger partial charge in [-0.05, 0) is 43.2 Å². The van der Waals surface area contributed by atoms with Gasteiger partial charge < -0.3 is 5.32 Å². The Morgan fingerprint density at radius 2 is 1.96 bits per heavy atom. The molecule has 1 amide bonds. The molecular weight excluding hydrogens is 351 g/mol. The van der Waals surface area contributed by atoms with Crippen molar-refractivity contribution in [2.45, 2.75) is 30.7 Å². The van der Waals surface area contributed by atoms with Crippen LogP contribution in [0, 0.1) is 5.82 Å². The number of rotatable bonds is 6. The molecule has 3 rings (SSSR count). The first-order chi connectivity index (χ1) is 12.6. The number of hydrogen-bond donors (Lipinski definition) is 1. The highest BCUT2D eigenvalue weighted by atomic mass is 32.2. The predicted molar refractivity (Wildman–Crippen MR) is 101 cm³/mol. The first-order valence-corrected chi connectivity index (χ1v) is 9.18. The lowest BCUT2D eigenvalue weighted by Crippen LogP contribution is -2.22. The summed E-state index contributed by atoms with van der Waals surface area (Å²) in [6.07, 6.45) is 2.39. The van der Waals surface area contributed by atoms with Crippen LogP contribution < -0.4 is 5.32 Å². The summed E-state index contributed by atoms with van der Waals surface area (Å²) in [6.45, 7) is 3.86. The van der Waals surface area contributed by atoms with E-state index in [-0.39, 0.29) is 11.7 Å². The second-order valence-electron chi connectivity index (χ2n) is 5.73. The zero-order chi connectivity index (χ0) is 18.5. The summed E-state index contributed by atoms with van der Waals surface area (Å²) in [5.74, 6) is -0.524. The fourth-order valence-corrected chi connectivity index (χ4v) is 3.23. The van der Waals surface area contributed by atoms with E-state index in [4.69, 9.17) is 0 Å². The third-order valence-electron chi connectivity index (χ3n) is 3.91. The van der Waals surface area contributed by atoms with Crippen molar-refractivity contribution < 1.29 is 9.18 Å². The van der Waals surface area contributed by atoms with Crippen LogP contribution in [0.3, 0.4) is 0 Å². The molecule has 3 aromatic rings. The molecule has 1 aromatic heterocycles. The van der Waals surface area contributed by atoms with E-state index >= 15 is 0 Å². The highest BCUT2D eigenvalue weighted by Gasteiger charge is 2.19. The topological polar surface area (TPSA) is 59.8 Å². The number of thioether (sulfide) groups is 1. The molecule has 0 saturated heterocycles. The summed E-state index contributed by atoms with van der Waals surface area (Å²) in [5.41, 5.74) is 2.31. The Balaban J connectivity index is 1.70. The number of aryl methyl sites for hydroxylation is 1. The lowest BCUT2D eigenvalue weighted by molar-refractivity contribution is -0.115. The van der Waals surface area contributed by atoms with E-state index in [0.717, 1.165) is 12.1 Å². The van der Waals surface area contributed by atoms with Crippen LogP contribution in [0.4, 0.5) is 10.1 Å². The molecule has 134 valence electrons. The van der Waals surface area contributed by atoms with E-state index in [1.165, 1.54) is 29.7 Å². The van der Waals surface area contributed by atoms with Crippen molar-refractivity contribution in [3.63, 3.8) is 0 Å². The molecule has 0 fully saturated rings. The molecule has 2 aromatic carbocycles. The van der Waals surface area contributed by atoms with Crippen molar-refractivity contribution in [2.24, 2.45) is 0 Å². The van der Waals surface area contributed by atoms with E-state index in [2.05, 4.69) is 22.4 Å². The van der Waals surface area contributed by atoms with Crippen LogP contribution in [0.1, 0.15) is 19.4 Å². The van der Waals surface area contributed by atoms with Gasteiger partial charge in [-0.1, -0.05) is 43.0 Å². The molecule has 26 heavy (non-hydrogen) atoms. The Morgan fingerprint density at radius 1 is 1.23 bits per heavy atom. The molecule has 0 aliphatic carbocycles. The Hall–Kier alpha value is -2.67. The number of carbonyl (C=O) groups is 1. The van der Waals surface area contributed by atoms with E-state index < -0.39 is 5.25 Å². The maximum absolute atomic E-state index is 14.0. The maximum atomic E-state index is 14.0. The largest absolute Gasteiger partial charge is 0.325 e. The van der Waals surface area contributed by atoms with Gasteiger partial charge in [0.1, 0.15) is 12.1 Å². The first kappa shape index (κ1) is 18.1. The lowest BCUT2D eigenvalue weighted by Gasteiger charge is -2.13. The molecule has 0 bridgehead atoms. The monoisotopic (exact) mass is 370 g/mol. The molecule has 0 aliphatic rings. The van der Waals surface area contributed by atoms with Crippen molar-refractivity contribution in [3.05, 3.63) is 66.2 Å². The van der Waals surface area contributed by atoms with Gasteiger partial charge in [-0.15, -0.1) is 10.2 Å². The molecule has 1 atom stereocenters. The van der Waals surface area contributed by atoms with Gasteiger partial charge in [0.2, 0.25) is 5.91 Å². The van der Waals surface area contributed by atoms with Crippen molar-refractivity contribution in [2.75, 3.05) is 5.32 Å². The average Bonchev–Trinajstić information content (AvgIpc) is 3.10. The Bertz CT molecular complexity index is 895. The molecule has 7 heteroatoms. The molecule has 1 heterocycles. The fraction of sp³-hybridized carbons (Fsp3) is 0.211. The fourth-order valence-electron chi connectivity index (χ4n) is 2.40. The Labute approximate surface area is 155 Å². The zero-order valence-corrected chi connectivity index (χ0v) is 15.3. The minimum absolute atomic E-state index is 0.151. The summed E-state index contributed by atoms with van der Waals surface area (Å²) in [6, 6.07) is 14.1. The number of para-hydroxylation sites is 1. The molecule has 0 unspecified atom stereocenters. The minimum Gasteiger partial charge on any atom is -0.325 e. The van der Waals surface area contributed by atoms with Crippen LogP contribution in [0.15, 0.2) is 60.0 Å². The molecule has 1 N–H and O–H groups in total.